The Morgan fingerprint density at radius 3 is 3.10 bits per heavy atom. The summed E-state index contributed by atoms with van der Waals surface area (Å²) in [7, 11) is 1.91. The molecular formula is C14H23ClN4OS. The first-order valence-electron chi connectivity index (χ1n) is 7.32. The van der Waals surface area contributed by atoms with Gasteiger partial charge in [-0.2, -0.15) is 16.9 Å². The molecule has 2 N–H and O–H groups in total. The van der Waals surface area contributed by atoms with Gasteiger partial charge in [-0.3, -0.25) is 9.48 Å². The second kappa shape index (κ2) is 7.51. The molecule has 2 aliphatic heterocycles. The highest BCUT2D eigenvalue weighted by Gasteiger charge is 2.34. The number of nitrogens with zero attached hydrogens (tertiary/aromatic N) is 2. The van der Waals surface area contributed by atoms with Crippen LogP contribution in [-0.4, -0.2) is 46.3 Å². The summed E-state index contributed by atoms with van der Waals surface area (Å²) in [6, 6.07) is 0. The van der Waals surface area contributed by atoms with Crippen LogP contribution in [0.3, 0.4) is 0 Å². The van der Waals surface area contributed by atoms with Crippen LogP contribution < -0.4 is 10.6 Å². The lowest BCUT2D eigenvalue weighted by molar-refractivity contribution is -0.124. The number of aryl methyl sites for hydroxylation is 1. The normalized spacial score (nSPS) is 28.3. The Labute approximate surface area is 136 Å². The first-order valence-corrected chi connectivity index (χ1v) is 8.37. The number of amides is 1. The Hall–Kier alpha value is -0.720. The molecule has 3 atom stereocenters. The van der Waals surface area contributed by atoms with Crippen molar-refractivity contribution in [3.05, 3.63) is 18.0 Å². The van der Waals surface area contributed by atoms with Crippen LogP contribution in [0.15, 0.2) is 12.4 Å². The van der Waals surface area contributed by atoms with E-state index >= 15 is 0 Å². The Bertz CT molecular complexity index is 475. The molecule has 1 aromatic heterocycles. The highest BCUT2D eigenvalue weighted by atomic mass is 35.5. The summed E-state index contributed by atoms with van der Waals surface area (Å²) in [6.45, 7) is 2.45. The molecule has 0 saturated carbocycles. The maximum atomic E-state index is 12.4. The average Bonchev–Trinajstić information content (AvgIpc) is 3.16. The molecule has 3 rings (SSSR count). The van der Waals surface area contributed by atoms with Crippen molar-refractivity contribution in [1.29, 1.82) is 0 Å². The van der Waals surface area contributed by atoms with Gasteiger partial charge in [0.25, 0.3) is 0 Å². The zero-order valence-corrected chi connectivity index (χ0v) is 13.9. The van der Waals surface area contributed by atoms with E-state index in [2.05, 4.69) is 15.7 Å². The summed E-state index contributed by atoms with van der Waals surface area (Å²) in [6.07, 6.45) is 6.42. The summed E-state index contributed by atoms with van der Waals surface area (Å²) in [5.41, 5.74) is 1.16. The van der Waals surface area contributed by atoms with Gasteiger partial charge < -0.3 is 10.6 Å². The molecule has 2 saturated heterocycles. The van der Waals surface area contributed by atoms with Gasteiger partial charge in [-0.25, -0.2) is 0 Å². The monoisotopic (exact) mass is 330 g/mol. The van der Waals surface area contributed by atoms with Crippen LogP contribution in [-0.2, 0) is 11.8 Å². The highest BCUT2D eigenvalue weighted by Crippen LogP contribution is 2.29. The first-order chi connectivity index (χ1) is 9.74. The Morgan fingerprint density at radius 1 is 1.57 bits per heavy atom. The molecule has 2 aliphatic rings. The van der Waals surface area contributed by atoms with E-state index in [9.17, 15) is 4.79 Å². The third kappa shape index (κ3) is 3.93. The molecule has 21 heavy (non-hydrogen) atoms. The molecule has 1 unspecified atom stereocenters. The zero-order chi connectivity index (χ0) is 13.9. The van der Waals surface area contributed by atoms with Gasteiger partial charge in [0.15, 0.2) is 0 Å². The first kappa shape index (κ1) is 16.6. The number of carbonyl (C=O) groups is 1. The predicted molar refractivity (Wildman–Crippen MR) is 88.0 cm³/mol. The van der Waals surface area contributed by atoms with Crippen LogP contribution in [0.5, 0.6) is 0 Å². The van der Waals surface area contributed by atoms with E-state index in [4.69, 9.17) is 0 Å². The van der Waals surface area contributed by atoms with Gasteiger partial charge in [-0.1, -0.05) is 0 Å². The van der Waals surface area contributed by atoms with Gasteiger partial charge in [-0.05, 0) is 24.2 Å². The predicted octanol–water partition coefficient (Wildman–Crippen LogP) is 1.16. The fraction of sp³-hybridized carbons (Fsp3) is 0.714. The van der Waals surface area contributed by atoms with Crippen molar-refractivity contribution in [1.82, 2.24) is 20.4 Å². The van der Waals surface area contributed by atoms with Gasteiger partial charge in [0.2, 0.25) is 5.91 Å². The van der Waals surface area contributed by atoms with Crippen LogP contribution in [0.1, 0.15) is 24.3 Å². The molecule has 0 radical (unpaired) electrons. The topological polar surface area (TPSA) is 59.0 Å². The van der Waals surface area contributed by atoms with Crippen LogP contribution in [0.2, 0.25) is 0 Å². The molecule has 3 heterocycles. The summed E-state index contributed by atoms with van der Waals surface area (Å²) < 4.78 is 1.80. The number of halogens is 1. The molecule has 0 bridgehead atoms. The van der Waals surface area contributed by atoms with Crippen molar-refractivity contribution < 1.29 is 4.79 Å². The smallest absolute Gasteiger partial charge is 0.225 e. The quantitative estimate of drug-likeness (QED) is 0.869. The van der Waals surface area contributed by atoms with E-state index in [0.717, 1.165) is 25.2 Å². The van der Waals surface area contributed by atoms with Gasteiger partial charge in [0.05, 0.1) is 12.1 Å². The summed E-state index contributed by atoms with van der Waals surface area (Å²) in [5, 5.41) is 11.3. The van der Waals surface area contributed by atoms with Gasteiger partial charge in [0.1, 0.15) is 0 Å². The molecule has 2 fully saturated rings. The molecule has 0 aromatic carbocycles. The minimum Gasteiger partial charge on any atom is -0.355 e. The van der Waals surface area contributed by atoms with E-state index in [0.29, 0.717) is 5.25 Å². The van der Waals surface area contributed by atoms with Crippen LogP contribution in [0.4, 0.5) is 0 Å². The third-order valence-electron chi connectivity index (χ3n) is 4.23. The maximum Gasteiger partial charge on any atom is 0.225 e. The van der Waals surface area contributed by atoms with E-state index in [-0.39, 0.29) is 30.2 Å². The van der Waals surface area contributed by atoms with Crippen LogP contribution in [0.25, 0.3) is 0 Å². The number of aromatic nitrogens is 2. The molecular weight excluding hydrogens is 308 g/mol. The fourth-order valence-electron chi connectivity index (χ4n) is 3.09. The molecule has 1 aromatic rings. The van der Waals surface area contributed by atoms with Crippen molar-refractivity contribution in [2.45, 2.75) is 24.0 Å². The number of rotatable bonds is 4. The molecule has 1 amide bonds. The number of thioether (sulfide) groups is 1. The average molecular weight is 331 g/mol. The van der Waals surface area contributed by atoms with E-state index in [1.54, 1.807) is 4.68 Å². The van der Waals surface area contributed by atoms with Crippen molar-refractivity contribution in [3.8, 4) is 0 Å². The fourth-order valence-corrected chi connectivity index (χ4v) is 4.29. The lowest BCUT2D eigenvalue weighted by Gasteiger charge is -2.18. The van der Waals surface area contributed by atoms with E-state index in [1.165, 1.54) is 18.6 Å². The summed E-state index contributed by atoms with van der Waals surface area (Å²) in [4.78, 5) is 12.4. The number of hydrogen-bond acceptors (Lipinski definition) is 4. The zero-order valence-electron chi connectivity index (χ0n) is 12.2. The van der Waals surface area contributed by atoms with Crippen molar-refractivity contribution in [2.24, 2.45) is 13.0 Å². The van der Waals surface area contributed by atoms with Crippen molar-refractivity contribution >= 4 is 30.1 Å². The molecule has 0 spiro atoms. The summed E-state index contributed by atoms with van der Waals surface area (Å²) >= 11 is 1.98. The van der Waals surface area contributed by atoms with Crippen molar-refractivity contribution in [3.63, 3.8) is 0 Å². The SMILES string of the molecule is Cl.Cn1cc([C@H]2CNC[C@@H]2C(=O)NCC2CCCS2)cn1. The Morgan fingerprint density at radius 2 is 2.43 bits per heavy atom. The third-order valence-corrected chi connectivity index (χ3v) is 5.63. The van der Waals surface area contributed by atoms with Crippen LogP contribution in [0, 0.1) is 5.92 Å². The lowest BCUT2D eigenvalue weighted by Crippen LogP contribution is -2.37. The number of nitrogens with one attached hydrogen (secondary N) is 2. The second-order valence-corrected chi connectivity index (χ2v) is 7.11. The maximum absolute atomic E-state index is 12.4. The van der Waals surface area contributed by atoms with E-state index < -0.39 is 0 Å². The second-order valence-electron chi connectivity index (χ2n) is 5.70. The van der Waals surface area contributed by atoms with Crippen molar-refractivity contribution in [2.75, 3.05) is 25.4 Å². The number of carbonyl (C=O) groups excluding carboxylic acids is 1. The molecule has 0 aliphatic carbocycles. The van der Waals surface area contributed by atoms with Gasteiger partial charge in [-0.15, -0.1) is 12.4 Å². The number of hydrogen-bond donors (Lipinski definition) is 2. The standard InChI is InChI=1S/C14H22N4OS.ClH/c1-18-9-10(5-17-18)12-7-15-8-13(12)14(19)16-6-11-3-2-4-20-11;/h5,9,11-13,15H,2-4,6-8H2,1H3,(H,16,19);1H/t11?,12-,13+;/m1./s1. The Kier molecular flexibility index (Phi) is 5.96. The minimum absolute atomic E-state index is 0. The molecule has 7 heteroatoms. The Balaban J connectivity index is 0.00000161. The molecule has 5 nitrogen and oxygen atoms in total. The summed E-state index contributed by atoms with van der Waals surface area (Å²) in [5.74, 6) is 1.71. The minimum atomic E-state index is 0. The van der Waals surface area contributed by atoms with Gasteiger partial charge >= 0.3 is 0 Å². The molecule has 118 valence electrons. The van der Waals surface area contributed by atoms with Gasteiger partial charge in [0, 0.05) is 44.0 Å². The van der Waals surface area contributed by atoms with E-state index in [1.807, 2.05) is 31.2 Å². The lowest BCUT2D eigenvalue weighted by atomic mass is 9.90. The highest BCUT2D eigenvalue weighted by molar-refractivity contribution is 8.00. The largest absolute Gasteiger partial charge is 0.355 e. The van der Waals surface area contributed by atoms with Crippen LogP contribution >= 0.6 is 24.2 Å².